The summed E-state index contributed by atoms with van der Waals surface area (Å²) in [5.74, 6) is -0.0428. The Morgan fingerprint density at radius 3 is 2.88 bits per heavy atom. The van der Waals surface area contributed by atoms with Gasteiger partial charge in [-0.3, -0.25) is 4.79 Å². The molecule has 1 rings (SSSR count). The highest BCUT2D eigenvalue weighted by atomic mass is 79.9. The normalized spacial score (nSPS) is 12.2. The molecule has 0 amide bonds. The van der Waals surface area contributed by atoms with Crippen molar-refractivity contribution in [3.63, 3.8) is 0 Å². The zero-order chi connectivity index (χ0) is 12.8. The summed E-state index contributed by atoms with van der Waals surface area (Å²) in [7, 11) is 1.61. The van der Waals surface area contributed by atoms with Crippen LogP contribution in [0.2, 0.25) is 0 Å². The average Bonchev–Trinajstić information content (AvgIpc) is 2.29. The summed E-state index contributed by atoms with van der Waals surface area (Å²) in [6.07, 6.45) is 1.20. The van der Waals surface area contributed by atoms with Crippen LogP contribution in [0.1, 0.15) is 18.4 Å². The number of hydrogen-bond donors (Lipinski definition) is 2. The van der Waals surface area contributed by atoms with Crippen LogP contribution in [0.5, 0.6) is 5.75 Å². The molecule has 0 aliphatic rings. The number of hydrogen-bond acceptors (Lipinski definition) is 3. The van der Waals surface area contributed by atoms with E-state index in [4.69, 9.17) is 15.6 Å². The zero-order valence-corrected chi connectivity index (χ0v) is 11.2. The minimum atomic E-state index is -0.815. The molecule has 0 saturated heterocycles. The van der Waals surface area contributed by atoms with Crippen LogP contribution in [0.25, 0.3) is 0 Å². The number of carboxylic acid groups (broad SMARTS) is 1. The second kappa shape index (κ2) is 6.61. The third-order valence-electron chi connectivity index (χ3n) is 2.46. The van der Waals surface area contributed by atoms with Crippen molar-refractivity contribution in [2.75, 3.05) is 7.11 Å². The van der Waals surface area contributed by atoms with E-state index in [0.717, 1.165) is 15.8 Å². The van der Waals surface area contributed by atoms with E-state index in [0.29, 0.717) is 12.8 Å². The summed E-state index contributed by atoms with van der Waals surface area (Å²) >= 11 is 3.44. The number of methoxy groups -OCH3 is 1. The van der Waals surface area contributed by atoms with Gasteiger partial charge in [0.25, 0.3) is 0 Å². The molecule has 0 aromatic heterocycles. The molecule has 5 heteroatoms. The molecule has 0 fully saturated rings. The molecule has 0 aliphatic heterocycles. The maximum absolute atomic E-state index is 10.4. The monoisotopic (exact) mass is 301 g/mol. The molecule has 1 aromatic rings. The number of aliphatic carboxylic acids is 1. The van der Waals surface area contributed by atoms with Crippen LogP contribution >= 0.6 is 15.9 Å². The molecule has 0 spiro atoms. The fraction of sp³-hybridized carbons (Fsp3) is 0.417. The van der Waals surface area contributed by atoms with E-state index in [9.17, 15) is 4.79 Å². The van der Waals surface area contributed by atoms with Gasteiger partial charge in [-0.2, -0.15) is 0 Å². The first-order valence-electron chi connectivity index (χ1n) is 5.32. The molecule has 0 bridgehead atoms. The second-order valence-corrected chi connectivity index (χ2v) is 4.71. The Hall–Kier alpha value is -1.07. The van der Waals surface area contributed by atoms with E-state index in [1.807, 2.05) is 18.2 Å². The van der Waals surface area contributed by atoms with E-state index in [2.05, 4.69) is 15.9 Å². The Bertz CT molecular complexity index is 395. The lowest BCUT2D eigenvalue weighted by molar-refractivity contribution is -0.137. The first-order chi connectivity index (χ1) is 8.02. The standard InChI is InChI=1S/C12H16BrNO3/c1-17-10-3-4-11(13)8(7-10)6-9(14)2-5-12(15)16/h3-4,7,9H,2,5-6,14H2,1H3,(H,15,16). The van der Waals surface area contributed by atoms with Crippen molar-refractivity contribution in [1.29, 1.82) is 0 Å². The fourth-order valence-electron chi connectivity index (χ4n) is 1.53. The van der Waals surface area contributed by atoms with Crippen LogP contribution in [-0.2, 0) is 11.2 Å². The van der Waals surface area contributed by atoms with Crippen LogP contribution in [0.15, 0.2) is 22.7 Å². The third kappa shape index (κ3) is 4.75. The van der Waals surface area contributed by atoms with Gasteiger partial charge in [-0.1, -0.05) is 15.9 Å². The summed E-state index contributed by atoms with van der Waals surface area (Å²) < 4.78 is 6.10. The predicted octanol–water partition coefficient (Wildman–Crippen LogP) is 2.19. The van der Waals surface area contributed by atoms with Crippen molar-refractivity contribution in [1.82, 2.24) is 0 Å². The van der Waals surface area contributed by atoms with Crippen LogP contribution in [-0.4, -0.2) is 24.2 Å². The van der Waals surface area contributed by atoms with Gasteiger partial charge in [0.2, 0.25) is 0 Å². The zero-order valence-electron chi connectivity index (χ0n) is 9.65. The van der Waals surface area contributed by atoms with Gasteiger partial charge in [-0.25, -0.2) is 0 Å². The van der Waals surface area contributed by atoms with Gasteiger partial charge < -0.3 is 15.6 Å². The quantitative estimate of drug-likeness (QED) is 0.845. The molecule has 1 unspecified atom stereocenters. The number of ether oxygens (including phenoxy) is 1. The molecule has 0 heterocycles. The smallest absolute Gasteiger partial charge is 0.303 e. The maximum Gasteiger partial charge on any atom is 0.303 e. The number of carboxylic acids is 1. The molecule has 3 N–H and O–H groups in total. The predicted molar refractivity (Wildman–Crippen MR) is 69.2 cm³/mol. The van der Waals surface area contributed by atoms with Crippen molar-refractivity contribution >= 4 is 21.9 Å². The van der Waals surface area contributed by atoms with Gasteiger partial charge in [0.1, 0.15) is 5.75 Å². The minimum absolute atomic E-state index is 0.1000. The van der Waals surface area contributed by atoms with Crippen molar-refractivity contribution < 1.29 is 14.6 Å². The highest BCUT2D eigenvalue weighted by molar-refractivity contribution is 9.10. The number of benzene rings is 1. The SMILES string of the molecule is COc1ccc(Br)c(CC(N)CCC(=O)O)c1. The lowest BCUT2D eigenvalue weighted by Gasteiger charge is -2.12. The minimum Gasteiger partial charge on any atom is -0.497 e. The van der Waals surface area contributed by atoms with Crippen LogP contribution in [0, 0.1) is 0 Å². The molecule has 0 radical (unpaired) electrons. The molecule has 1 aromatic carbocycles. The van der Waals surface area contributed by atoms with Gasteiger partial charge in [-0.15, -0.1) is 0 Å². The van der Waals surface area contributed by atoms with Gasteiger partial charge >= 0.3 is 5.97 Å². The lowest BCUT2D eigenvalue weighted by atomic mass is 10.0. The second-order valence-electron chi connectivity index (χ2n) is 3.85. The van der Waals surface area contributed by atoms with Crippen LogP contribution in [0.4, 0.5) is 0 Å². The molecular formula is C12H16BrNO3. The number of halogens is 1. The Kier molecular flexibility index (Phi) is 5.44. The topological polar surface area (TPSA) is 72.5 Å². The van der Waals surface area contributed by atoms with E-state index in [1.165, 1.54) is 0 Å². The molecule has 94 valence electrons. The Morgan fingerprint density at radius 1 is 1.59 bits per heavy atom. The highest BCUT2D eigenvalue weighted by Crippen LogP contribution is 2.23. The van der Waals surface area contributed by atoms with E-state index < -0.39 is 5.97 Å². The van der Waals surface area contributed by atoms with E-state index >= 15 is 0 Å². The van der Waals surface area contributed by atoms with E-state index in [1.54, 1.807) is 7.11 Å². The Balaban J connectivity index is 2.63. The van der Waals surface area contributed by atoms with Crippen LogP contribution < -0.4 is 10.5 Å². The maximum atomic E-state index is 10.4. The van der Waals surface area contributed by atoms with Gasteiger partial charge in [-0.05, 0) is 36.6 Å². The van der Waals surface area contributed by atoms with E-state index in [-0.39, 0.29) is 12.5 Å². The molecule has 1 atom stereocenters. The van der Waals surface area contributed by atoms with Crippen molar-refractivity contribution in [2.24, 2.45) is 5.73 Å². The number of carbonyl (C=O) groups is 1. The first kappa shape index (κ1) is 14.0. The summed E-state index contributed by atoms with van der Waals surface area (Å²) in [6.45, 7) is 0. The molecule has 0 aliphatic carbocycles. The largest absolute Gasteiger partial charge is 0.497 e. The Labute approximate surface area is 109 Å². The fourth-order valence-corrected chi connectivity index (χ4v) is 1.94. The third-order valence-corrected chi connectivity index (χ3v) is 3.24. The van der Waals surface area contributed by atoms with Crippen molar-refractivity contribution in [3.8, 4) is 5.75 Å². The molecule has 4 nitrogen and oxygen atoms in total. The van der Waals surface area contributed by atoms with Gasteiger partial charge in [0.05, 0.1) is 7.11 Å². The summed E-state index contributed by atoms with van der Waals surface area (Å²) in [6, 6.07) is 5.51. The number of rotatable bonds is 6. The van der Waals surface area contributed by atoms with Gasteiger partial charge in [0, 0.05) is 16.9 Å². The van der Waals surface area contributed by atoms with Crippen molar-refractivity contribution in [2.45, 2.75) is 25.3 Å². The summed E-state index contributed by atoms with van der Waals surface area (Å²) in [4.78, 5) is 10.4. The summed E-state index contributed by atoms with van der Waals surface area (Å²) in [5.41, 5.74) is 6.92. The average molecular weight is 302 g/mol. The first-order valence-corrected chi connectivity index (χ1v) is 6.12. The summed E-state index contributed by atoms with van der Waals surface area (Å²) in [5, 5.41) is 8.58. The van der Waals surface area contributed by atoms with Crippen LogP contribution in [0.3, 0.4) is 0 Å². The molecular weight excluding hydrogens is 286 g/mol. The van der Waals surface area contributed by atoms with Crippen molar-refractivity contribution in [3.05, 3.63) is 28.2 Å². The van der Waals surface area contributed by atoms with Gasteiger partial charge in [0.15, 0.2) is 0 Å². The molecule has 0 saturated carbocycles. The highest BCUT2D eigenvalue weighted by Gasteiger charge is 2.10. The number of nitrogens with two attached hydrogens (primary N) is 1. The lowest BCUT2D eigenvalue weighted by Crippen LogP contribution is -2.24. The Morgan fingerprint density at radius 2 is 2.29 bits per heavy atom. The molecule has 17 heavy (non-hydrogen) atoms.